The molecule has 0 fully saturated rings. The summed E-state index contributed by atoms with van der Waals surface area (Å²) in [6, 6.07) is 7.28. The highest BCUT2D eigenvalue weighted by atomic mass is 79.9. The minimum absolute atomic E-state index is 0.00709. The fraction of sp³-hybridized carbons (Fsp3) is 0.0833. The number of hydrogen-bond acceptors (Lipinski definition) is 4. The van der Waals surface area contributed by atoms with Gasteiger partial charge >= 0.3 is 0 Å². The zero-order valence-corrected chi connectivity index (χ0v) is 11.5. The molecule has 5 heteroatoms. The number of pyridine rings is 2. The first-order valence-corrected chi connectivity index (χ1v) is 6.54. The van der Waals surface area contributed by atoms with E-state index in [0.29, 0.717) is 10.6 Å². The normalized spacial score (nSPS) is 10.2. The maximum atomic E-state index is 11.5. The van der Waals surface area contributed by atoms with Gasteiger partial charge in [0.2, 0.25) is 0 Å². The van der Waals surface area contributed by atoms with Gasteiger partial charge in [-0.1, -0.05) is 0 Å². The summed E-state index contributed by atoms with van der Waals surface area (Å²) in [5, 5.41) is 1.48. The van der Waals surface area contributed by atoms with E-state index in [2.05, 4.69) is 25.9 Å². The lowest BCUT2D eigenvalue weighted by Gasteiger charge is -2.05. The Kier molecular flexibility index (Phi) is 3.91. The molecular formula is C12H9BrN2OS. The average Bonchev–Trinajstić information content (AvgIpc) is 2.32. The number of aromatic nitrogens is 2. The van der Waals surface area contributed by atoms with Crippen LogP contribution in [0.2, 0.25) is 0 Å². The smallest absolute Gasteiger partial charge is 0.162 e. The molecule has 0 aromatic carbocycles. The quantitative estimate of drug-likeness (QED) is 0.813. The summed E-state index contributed by atoms with van der Waals surface area (Å²) in [4.78, 5) is 19.9. The third-order valence-corrected chi connectivity index (χ3v) is 4.01. The van der Waals surface area contributed by atoms with Gasteiger partial charge in [0.15, 0.2) is 5.78 Å². The van der Waals surface area contributed by atoms with Gasteiger partial charge in [-0.3, -0.25) is 4.79 Å². The highest BCUT2D eigenvalue weighted by Gasteiger charge is 2.11. The minimum Gasteiger partial charge on any atom is -0.294 e. The Balaban J connectivity index is 2.37. The summed E-state index contributed by atoms with van der Waals surface area (Å²) < 4.78 is 0.894. The maximum Gasteiger partial charge on any atom is 0.162 e. The van der Waals surface area contributed by atoms with Crippen molar-refractivity contribution < 1.29 is 4.79 Å². The number of hydrogen-bond donors (Lipinski definition) is 0. The van der Waals surface area contributed by atoms with Crippen molar-refractivity contribution in [3.05, 3.63) is 46.7 Å². The first-order valence-electron chi connectivity index (χ1n) is 4.93. The van der Waals surface area contributed by atoms with E-state index in [1.807, 2.05) is 12.1 Å². The maximum absolute atomic E-state index is 11.5. The van der Waals surface area contributed by atoms with Crippen molar-refractivity contribution in [2.45, 2.75) is 17.0 Å². The summed E-state index contributed by atoms with van der Waals surface area (Å²) in [6.07, 6.45) is 3.38. The first-order chi connectivity index (χ1) is 8.18. The zero-order valence-electron chi connectivity index (χ0n) is 9.05. The molecule has 0 radical (unpaired) electrons. The molecule has 0 N–H and O–H groups in total. The van der Waals surface area contributed by atoms with Crippen molar-refractivity contribution in [2.75, 3.05) is 0 Å². The van der Waals surface area contributed by atoms with Crippen LogP contribution < -0.4 is 0 Å². The van der Waals surface area contributed by atoms with E-state index in [9.17, 15) is 4.79 Å². The summed E-state index contributed by atoms with van der Waals surface area (Å²) in [6.45, 7) is 1.54. The molecule has 2 heterocycles. The van der Waals surface area contributed by atoms with Crippen LogP contribution in [0.5, 0.6) is 0 Å². The second-order valence-corrected chi connectivity index (χ2v) is 5.14. The van der Waals surface area contributed by atoms with Crippen molar-refractivity contribution in [3.8, 4) is 0 Å². The summed E-state index contributed by atoms with van der Waals surface area (Å²) >= 11 is 4.80. The number of nitrogens with zero attached hydrogens (tertiary/aromatic N) is 2. The van der Waals surface area contributed by atoms with E-state index in [4.69, 9.17) is 0 Å². The van der Waals surface area contributed by atoms with Crippen molar-refractivity contribution in [1.29, 1.82) is 0 Å². The number of carbonyl (C=O) groups excluding carboxylic acids is 1. The van der Waals surface area contributed by atoms with Gasteiger partial charge in [-0.05, 0) is 58.9 Å². The van der Waals surface area contributed by atoms with Gasteiger partial charge in [-0.15, -0.1) is 0 Å². The van der Waals surface area contributed by atoms with Crippen molar-refractivity contribution >= 4 is 33.5 Å². The van der Waals surface area contributed by atoms with Crippen LogP contribution in [0.4, 0.5) is 0 Å². The number of ketones is 1. The van der Waals surface area contributed by atoms with E-state index in [-0.39, 0.29) is 5.78 Å². The largest absolute Gasteiger partial charge is 0.294 e. The zero-order chi connectivity index (χ0) is 12.3. The predicted molar refractivity (Wildman–Crippen MR) is 70.3 cm³/mol. The molecule has 0 aliphatic heterocycles. The molecule has 86 valence electrons. The van der Waals surface area contributed by atoms with E-state index in [1.54, 1.807) is 24.5 Å². The average molecular weight is 309 g/mol. The molecule has 0 amide bonds. The number of halogens is 1. The highest BCUT2D eigenvalue weighted by molar-refractivity contribution is 9.10. The molecule has 0 saturated carbocycles. The summed E-state index contributed by atoms with van der Waals surface area (Å²) in [5.41, 5.74) is 0.620. The molecule has 2 aromatic rings. The van der Waals surface area contributed by atoms with E-state index >= 15 is 0 Å². The molecule has 0 aliphatic carbocycles. The molecular weight excluding hydrogens is 300 g/mol. The first kappa shape index (κ1) is 12.3. The molecule has 0 bridgehead atoms. The molecule has 0 atom stereocenters. The van der Waals surface area contributed by atoms with Crippen LogP contribution in [0.1, 0.15) is 17.3 Å². The van der Waals surface area contributed by atoms with Gasteiger partial charge in [-0.25, -0.2) is 9.97 Å². The Morgan fingerprint density at radius 1 is 1.18 bits per heavy atom. The Morgan fingerprint density at radius 2 is 1.82 bits per heavy atom. The van der Waals surface area contributed by atoms with Gasteiger partial charge in [-0.2, -0.15) is 0 Å². The van der Waals surface area contributed by atoms with Crippen LogP contribution in [0.3, 0.4) is 0 Å². The fourth-order valence-corrected chi connectivity index (χ4v) is 2.67. The third kappa shape index (κ3) is 2.92. The minimum atomic E-state index is 0.00709. The van der Waals surface area contributed by atoms with E-state index in [0.717, 1.165) is 9.50 Å². The van der Waals surface area contributed by atoms with Crippen LogP contribution >= 0.6 is 27.7 Å². The van der Waals surface area contributed by atoms with Crippen LogP contribution in [-0.2, 0) is 0 Å². The van der Waals surface area contributed by atoms with Gasteiger partial charge in [0.1, 0.15) is 10.1 Å². The van der Waals surface area contributed by atoms with Crippen molar-refractivity contribution in [3.63, 3.8) is 0 Å². The molecule has 0 unspecified atom stereocenters. The fourth-order valence-electron chi connectivity index (χ4n) is 1.28. The van der Waals surface area contributed by atoms with Gasteiger partial charge < -0.3 is 0 Å². The lowest BCUT2D eigenvalue weighted by molar-refractivity contribution is 0.101. The Hall–Kier alpha value is -1.20. The van der Waals surface area contributed by atoms with Gasteiger partial charge in [0.25, 0.3) is 0 Å². The second-order valence-electron chi connectivity index (χ2n) is 3.30. The van der Waals surface area contributed by atoms with Crippen LogP contribution in [0.15, 0.2) is 51.2 Å². The monoisotopic (exact) mass is 308 g/mol. The molecule has 17 heavy (non-hydrogen) atoms. The van der Waals surface area contributed by atoms with E-state index < -0.39 is 0 Å². The number of carbonyl (C=O) groups is 1. The third-order valence-electron chi connectivity index (χ3n) is 2.07. The SMILES string of the molecule is CC(=O)c1cccnc1Sc1ncccc1Br. The topological polar surface area (TPSA) is 42.9 Å². The predicted octanol–water partition coefficient (Wildman–Crippen LogP) is 3.59. The lowest BCUT2D eigenvalue weighted by Crippen LogP contribution is -1.97. The van der Waals surface area contributed by atoms with Crippen LogP contribution in [0, 0.1) is 0 Å². The Bertz CT molecular complexity index is 560. The lowest BCUT2D eigenvalue weighted by atomic mass is 10.2. The second kappa shape index (κ2) is 5.42. The number of rotatable bonds is 3. The van der Waals surface area contributed by atoms with Gasteiger partial charge in [0, 0.05) is 18.0 Å². The van der Waals surface area contributed by atoms with Crippen molar-refractivity contribution in [1.82, 2.24) is 9.97 Å². The molecule has 2 aromatic heterocycles. The molecule has 2 rings (SSSR count). The van der Waals surface area contributed by atoms with Crippen molar-refractivity contribution in [2.24, 2.45) is 0 Å². The molecule has 0 aliphatic rings. The molecule has 3 nitrogen and oxygen atoms in total. The summed E-state index contributed by atoms with van der Waals surface area (Å²) in [7, 11) is 0. The van der Waals surface area contributed by atoms with Crippen LogP contribution in [-0.4, -0.2) is 15.8 Å². The number of Topliss-reactive ketones (excluding diaryl/α,β-unsaturated/α-hetero) is 1. The Morgan fingerprint density at radius 3 is 2.47 bits per heavy atom. The molecule has 0 saturated heterocycles. The van der Waals surface area contributed by atoms with Gasteiger partial charge in [0.05, 0.1) is 4.47 Å². The highest BCUT2D eigenvalue weighted by Crippen LogP contribution is 2.32. The standard InChI is InChI=1S/C12H9BrN2OS/c1-8(16)9-4-2-6-14-11(9)17-12-10(13)5-3-7-15-12/h2-7H,1H3. The van der Waals surface area contributed by atoms with Crippen LogP contribution in [0.25, 0.3) is 0 Å². The Labute approximate surface area is 112 Å². The van der Waals surface area contributed by atoms with E-state index in [1.165, 1.54) is 18.7 Å². The summed E-state index contributed by atoms with van der Waals surface area (Å²) in [5.74, 6) is 0.00709. The molecule has 0 spiro atoms.